The van der Waals surface area contributed by atoms with Crippen LogP contribution in [0.2, 0.25) is 0 Å². The van der Waals surface area contributed by atoms with E-state index in [0.717, 1.165) is 15.7 Å². The Labute approximate surface area is 183 Å². The van der Waals surface area contributed by atoms with Gasteiger partial charge in [0.15, 0.2) is 5.78 Å². The zero-order chi connectivity index (χ0) is 21.6. The van der Waals surface area contributed by atoms with Crippen LogP contribution in [-0.4, -0.2) is 5.78 Å². The zero-order valence-electron chi connectivity index (χ0n) is 16.7. The molecule has 0 spiro atoms. The van der Waals surface area contributed by atoms with Crippen molar-refractivity contribution in [3.8, 4) is 6.07 Å². The summed E-state index contributed by atoms with van der Waals surface area (Å²) in [6.45, 7) is 4.09. The Morgan fingerprint density at radius 3 is 2.37 bits per heavy atom. The van der Waals surface area contributed by atoms with Crippen LogP contribution in [0.25, 0.3) is 0 Å². The number of rotatable bonds is 2. The molecule has 0 saturated carbocycles. The molecule has 4 rings (SSSR count). The summed E-state index contributed by atoms with van der Waals surface area (Å²) in [5, 5.41) is 10.0. The number of benzene rings is 2. The van der Waals surface area contributed by atoms with Crippen molar-refractivity contribution in [1.82, 2.24) is 0 Å². The van der Waals surface area contributed by atoms with Gasteiger partial charge in [0, 0.05) is 27.9 Å². The highest BCUT2D eigenvalue weighted by Gasteiger charge is 2.44. The number of ketones is 1. The number of halogens is 2. The van der Waals surface area contributed by atoms with Gasteiger partial charge in [0.1, 0.15) is 11.6 Å². The van der Waals surface area contributed by atoms with Gasteiger partial charge in [-0.1, -0.05) is 41.9 Å². The van der Waals surface area contributed by atoms with Gasteiger partial charge in [0.2, 0.25) is 0 Å². The van der Waals surface area contributed by atoms with E-state index >= 15 is 0 Å². The van der Waals surface area contributed by atoms with Crippen LogP contribution in [0.4, 0.5) is 10.1 Å². The summed E-state index contributed by atoms with van der Waals surface area (Å²) in [5.41, 5.74) is 9.48. The Morgan fingerprint density at radius 1 is 1.13 bits per heavy atom. The maximum atomic E-state index is 13.5. The summed E-state index contributed by atoms with van der Waals surface area (Å²) in [4.78, 5) is 15.1. The van der Waals surface area contributed by atoms with Gasteiger partial charge < -0.3 is 5.73 Å². The van der Waals surface area contributed by atoms with Crippen LogP contribution in [0, 0.1) is 22.6 Å². The number of nitrogens with two attached hydrogens (primary N) is 1. The molecule has 2 aromatic rings. The molecule has 1 heterocycles. The zero-order valence-corrected chi connectivity index (χ0v) is 18.3. The standard InChI is InChI=1S/C24H21BrFN3O/c1-24(2)11-19-22(20(30)12-24)21(14-3-5-15(25)6-4-14)18(13-27)23(28)29(19)17-9-7-16(26)8-10-17/h3-10,21H,11-12,28H2,1-2H3/t21-/m0/s1. The maximum absolute atomic E-state index is 13.5. The lowest BCUT2D eigenvalue weighted by Crippen LogP contribution is -2.42. The van der Waals surface area contributed by atoms with Crippen LogP contribution in [0.15, 0.2) is 75.7 Å². The average Bonchev–Trinajstić information content (AvgIpc) is 2.68. The van der Waals surface area contributed by atoms with Crippen LogP contribution in [-0.2, 0) is 4.79 Å². The van der Waals surface area contributed by atoms with Crippen molar-refractivity contribution in [2.75, 3.05) is 4.90 Å². The van der Waals surface area contributed by atoms with E-state index in [9.17, 15) is 14.4 Å². The van der Waals surface area contributed by atoms with Crippen LogP contribution in [0.3, 0.4) is 0 Å². The van der Waals surface area contributed by atoms with E-state index in [-0.39, 0.29) is 22.8 Å². The van der Waals surface area contributed by atoms with Crippen LogP contribution < -0.4 is 10.6 Å². The highest BCUT2D eigenvalue weighted by Crippen LogP contribution is 2.50. The van der Waals surface area contributed by atoms with E-state index in [2.05, 4.69) is 22.0 Å². The first-order valence-electron chi connectivity index (χ1n) is 9.69. The smallest absolute Gasteiger partial charge is 0.162 e. The molecule has 0 amide bonds. The van der Waals surface area contributed by atoms with Crippen molar-refractivity contribution < 1.29 is 9.18 Å². The van der Waals surface area contributed by atoms with Crippen LogP contribution >= 0.6 is 15.9 Å². The quantitative estimate of drug-likeness (QED) is 0.632. The van der Waals surface area contributed by atoms with Gasteiger partial charge >= 0.3 is 0 Å². The maximum Gasteiger partial charge on any atom is 0.162 e. The lowest BCUT2D eigenvalue weighted by molar-refractivity contribution is -0.118. The number of hydrogen-bond acceptors (Lipinski definition) is 4. The fourth-order valence-corrected chi connectivity index (χ4v) is 4.65. The minimum absolute atomic E-state index is 0.0153. The van der Waals surface area contributed by atoms with E-state index < -0.39 is 5.92 Å². The number of carbonyl (C=O) groups excluding carboxylic acids is 1. The Morgan fingerprint density at radius 2 is 1.77 bits per heavy atom. The number of allylic oxidation sites excluding steroid dienone is 3. The minimum atomic E-state index is -0.515. The molecule has 0 radical (unpaired) electrons. The lowest BCUT2D eigenvalue weighted by Gasteiger charge is -2.43. The lowest BCUT2D eigenvalue weighted by atomic mass is 9.68. The number of hydrogen-bond donors (Lipinski definition) is 1. The van der Waals surface area contributed by atoms with Gasteiger partial charge in [-0.15, -0.1) is 0 Å². The molecule has 30 heavy (non-hydrogen) atoms. The SMILES string of the molecule is CC1(C)CC(=O)C2=C(C1)N(c1ccc(F)cc1)C(N)=C(C#N)[C@@H]2c1ccc(Br)cc1. The summed E-state index contributed by atoms with van der Waals surface area (Å²) >= 11 is 3.44. The highest BCUT2D eigenvalue weighted by molar-refractivity contribution is 9.10. The van der Waals surface area contributed by atoms with Crippen molar-refractivity contribution >= 4 is 27.4 Å². The first-order valence-corrected chi connectivity index (χ1v) is 10.5. The minimum Gasteiger partial charge on any atom is -0.384 e. The molecule has 1 aliphatic carbocycles. The van der Waals surface area contributed by atoms with Gasteiger partial charge in [-0.05, 0) is 53.8 Å². The third-order valence-corrected chi connectivity index (χ3v) is 6.20. The van der Waals surface area contributed by atoms with E-state index in [1.807, 2.05) is 38.1 Å². The summed E-state index contributed by atoms with van der Waals surface area (Å²) in [6, 6.07) is 15.8. The largest absolute Gasteiger partial charge is 0.384 e. The number of nitrogens with zero attached hydrogens (tertiary/aromatic N) is 2. The molecule has 0 unspecified atom stereocenters. The molecule has 0 bridgehead atoms. The summed E-state index contributed by atoms with van der Waals surface area (Å²) in [6.07, 6.45) is 1.02. The third-order valence-electron chi connectivity index (χ3n) is 5.67. The molecule has 4 nitrogen and oxygen atoms in total. The third kappa shape index (κ3) is 3.44. The molecule has 0 aromatic heterocycles. The second-order valence-electron chi connectivity index (χ2n) is 8.51. The molecule has 1 atom stereocenters. The van der Waals surface area contributed by atoms with E-state index in [1.54, 1.807) is 17.0 Å². The van der Waals surface area contributed by atoms with Crippen LogP contribution in [0.5, 0.6) is 0 Å². The molecular weight excluding hydrogens is 445 g/mol. The monoisotopic (exact) mass is 465 g/mol. The number of nitriles is 1. The van der Waals surface area contributed by atoms with Gasteiger partial charge in [-0.3, -0.25) is 9.69 Å². The van der Waals surface area contributed by atoms with Gasteiger partial charge in [-0.25, -0.2) is 4.39 Å². The summed E-state index contributed by atoms with van der Waals surface area (Å²) < 4.78 is 14.5. The average molecular weight is 466 g/mol. The van der Waals surface area contributed by atoms with Gasteiger partial charge in [0.05, 0.1) is 17.6 Å². The molecule has 2 aliphatic rings. The molecular formula is C24H21BrFN3O. The normalized spacial score (nSPS) is 20.8. The van der Waals surface area contributed by atoms with Crippen molar-refractivity contribution in [3.05, 3.63) is 87.0 Å². The predicted octanol–water partition coefficient (Wildman–Crippen LogP) is 5.53. The molecule has 2 N–H and O–H groups in total. The number of anilines is 1. The fourth-order valence-electron chi connectivity index (χ4n) is 4.38. The van der Waals surface area contributed by atoms with Gasteiger partial charge in [-0.2, -0.15) is 5.26 Å². The number of Topliss-reactive ketones (excluding diaryl/α,β-unsaturated/α-hetero) is 1. The molecule has 2 aromatic carbocycles. The summed E-state index contributed by atoms with van der Waals surface area (Å²) in [5.74, 6) is -0.581. The first-order chi connectivity index (χ1) is 14.2. The first kappa shape index (κ1) is 20.4. The fraction of sp³-hybridized carbons (Fsp3) is 0.250. The highest BCUT2D eigenvalue weighted by atomic mass is 79.9. The second kappa shape index (κ2) is 7.41. The van der Waals surface area contributed by atoms with E-state index in [4.69, 9.17) is 5.73 Å². The Kier molecular flexibility index (Phi) is 5.03. The van der Waals surface area contributed by atoms with E-state index in [0.29, 0.717) is 29.7 Å². The molecule has 0 saturated heterocycles. The Hall–Kier alpha value is -2.91. The Bertz CT molecular complexity index is 1120. The second-order valence-corrected chi connectivity index (χ2v) is 9.42. The molecule has 152 valence electrons. The Balaban J connectivity index is 1.98. The van der Waals surface area contributed by atoms with Crippen molar-refractivity contribution in [3.63, 3.8) is 0 Å². The number of carbonyl (C=O) groups is 1. The van der Waals surface area contributed by atoms with Crippen molar-refractivity contribution in [2.24, 2.45) is 11.1 Å². The van der Waals surface area contributed by atoms with Crippen molar-refractivity contribution in [1.29, 1.82) is 5.26 Å². The van der Waals surface area contributed by atoms with Crippen LogP contribution in [0.1, 0.15) is 38.2 Å². The predicted molar refractivity (Wildman–Crippen MR) is 118 cm³/mol. The topological polar surface area (TPSA) is 70.1 Å². The van der Waals surface area contributed by atoms with Crippen molar-refractivity contribution in [2.45, 2.75) is 32.6 Å². The molecule has 6 heteroatoms. The molecule has 0 fully saturated rings. The van der Waals surface area contributed by atoms with Gasteiger partial charge in [0.25, 0.3) is 0 Å². The summed E-state index contributed by atoms with van der Waals surface area (Å²) in [7, 11) is 0. The molecule has 1 aliphatic heterocycles. The van der Waals surface area contributed by atoms with E-state index in [1.165, 1.54) is 12.1 Å².